The Morgan fingerprint density at radius 3 is 3.00 bits per heavy atom. The first kappa shape index (κ1) is 8.16. The van der Waals surface area contributed by atoms with Gasteiger partial charge in [-0.2, -0.15) is 0 Å². The third kappa shape index (κ3) is 1.06. The smallest absolute Gasteiger partial charge is 0.258 e. The zero-order chi connectivity index (χ0) is 10.4. The van der Waals surface area contributed by atoms with E-state index < -0.39 is 0 Å². The van der Waals surface area contributed by atoms with Crippen molar-refractivity contribution in [3.63, 3.8) is 0 Å². The predicted molar refractivity (Wildman–Crippen MR) is 56.6 cm³/mol. The molecule has 0 bridgehead atoms. The highest BCUT2D eigenvalue weighted by Gasteiger charge is 2.05. The molecule has 0 aliphatic carbocycles. The summed E-state index contributed by atoms with van der Waals surface area (Å²) in [6.07, 6.45) is 3.12. The number of aryl methyl sites for hydroxylation is 1. The number of imidazole rings is 1. The van der Waals surface area contributed by atoms with E-state index in [1.165, 1.54) is 6.33 Å². The van der Waals surface area contributed by atoms with Crippen molar-refractivity contribution in [1.29, 1.82) is 0 Å². The van der Waals surface area contributed by atoms with Crippen LogP contribution in [0.25, 0.3) is 21.9 Å². The Morgan fingerprint density at radius 1 is 1.27 bits per heavy atom. The number of nitrogens with one attached hydrogen (secondary N) is 1. The molecule has 74 valence electrons. The molecule has 5 nitrogen and oxygen atoms in total. The molecule has 0 saturated heterocycles. The van der Waals surface area contributed by atoms with Crippen molar-refractivity contribution in [1.82, 2.24) is 19.5 Å². The van der Waals surface area contributed by atoms with Crippen molar-refractivity contribution < 1.29 is 0 Å². The highest BCUT2D eigenvalue weighted by atomic mass is 16.1. The third-order valence-electron chi connectivity index (χ3n) is 2.49. The molecule has 0 spiro atoms. The van der Waals surface area contributed by atoms with Gasteiger partial charge in [0.25, 0.3) is 5.56 Å². The standard InChI is InChI=1S/C10H8N4O/c1-14-5-13-8-3-7-6(2-9(8)14)10(15)12-4-11-7/h2-5H,1H3,(H,11,12,15). The third-order valence-corrected chi connectivity index (χ3v) is 2.49. The summed E-state index contributed by atoms with van der Waals surface area (Å²) in [4.78, 5) is 22.4. The molecule has 0 saturated carbocycles. The molecule has 2 heterocycles. The Morgan fingerprint density at radius 2 is 2.13 bits per heavy atom. The Kier molecular flexibility index (Phi) is 1.45. The Balaban J connectivity index is 2.61. The summed E-state index contributed by atoms with van der Waals surface area (Å²) in [5.41, 5.74) is 2.33. The van der Waals surface area contributed by atoms with Crippen LogP contribution in [0.4, 0.5) is 0 Å². The van der Waals surface area contributed by atoms with Gasteiger partial charge in [-0.05, 0) is 12.1 Å². The fourth-order valence-electron chi connectivity index (χ4n) is 1.69. The summed E-state index contributed by atoms with van der Waals surface area (Å²) in [6.45, 7) is 0. The zero-order valence-corrected chi connectivity index (χ0v) is 8.06. The van der Waals surface area contributed by atoms with E-state index in [0.29, 0.717) is 10.9 Å². The quantitative estimate of drug-likeness (QED) is 0.584. The van der Waals surface area contributed by atoms with Gasteiger partial charge in [-0.1, -0.05) is 0 Å². The van der Waals surface area contributed by atoms with Gasteiger partial charge >= 0.3 is 0 Å². The minimum absolute atomic E-state index is 0.122. The van der Waals surface area contributed by atoms with Crippen LogP contribution in [-0.4, -0.2) is 19.5 Å². The minimum atomic E-state index is -0.122. The molecule has 1 N–H and O–H groups in total. The van der Waals surface area contributed by atoms with Crippen molar-refractivity contribution >= 4 is 21.9 Å². The molecule has 0 atom stereocenters. The number of hydrogen-bond donors (Lipinski definition) is 1. The summed E-state index contributed by atoms with van der Waals surface area (Å²) in [5, 5.41) is 0.591. The number of rotatable bonds is 0. The monoisotopic (exact) mass is 200 g/mol. The highest BCUT2D eigenvalue weighted by Crippen LogP contribution is 2.16. The second kappa shape index (κ2) is 2.66. The molecule has 0 unspecified atom stereocenters. The largest absolute Gasteiger partial charge is 0.334 e. The molecule has 3 rings (SSSR count). The second-order valence-corrected chi connectivity index (χ2v) is 3.45. The van der Waals surface area contributed by atoms with Crippen LogP contribution < -0.4 is 5.56 Å². The summed E-state index contributed by atoms with van der Waals surface area (Å²) in [6, 6.07) is 3.63. The fourth-order valence-corrected chi connectivity index (χ4v) is 1.69. The summed E-state index contributed by atoms with van der Waals surface area (Å²) < 4.78 is 1.88. The SMILES string of the molecule is Cn1cnc2cc3nc[nH]c(=O)c3cc21. The van der Waals surface area contributed by atoms with Gasteiger partial charge in [0, 0.05) is 7.05 Å². The molecule has 0 aliphatic heterocycles. The number of hydrogen-bond acceptors (Lipinski definition) is 3. The first-order valence-electron chi connectivity index (χ1n) is 4.54. The van der Waals surface area contributed by atoms with Crippen LogP contribution in [0, 0.1) is 0 Å². The van der Waals surface area contributed by atoms with Crippen LogP contribution in [0.3, 0.4) is 0 Å². The van der Waals surface area contributed by atoms with Crippen molar-refractivity contribution in [2.45, 2.75) is 0 Å². The molecule has 0 fully saturated rings. The lowest BCUT2D eigenvalue weighted by Gasteiger charge is -1.97. The number of benzene rings is 1. The Hall–Kier alpha value is -2.17. The van der Waals surface area contributed by atoms with Crippen LogP contribution >= 0.6 is 0 Å². The lowest BCUT2D eigenvalue weighted by Crippen LogP contribution is -2.06. The first-order valence-corrected chi connectivity index (χ1v) is 4.54. The molecule has 3 aromatic rings. The predicted octanol–water partition coefficient (Wildman–Crippen LogP) is 0.810. The summed E-state index contributed by atoms with van der Waals surface area (Å²) >= 11 is 0. The van der Waals surface area contributed by atoms with Gasteiger partial charge in [0.05, 0.1) is 34.6 Å². The Bertz CT molecular complexity index is 710. The summed E-state index contributed by atoms with van der Waals surface area (Å²) in [5.74, 6) is 0. The average molecular weight is 200 g/mol. The van der Waals surface area contributed by atoms with Crippen molar-refractivity contribution in [2.24, 2.45) is 7.05 Å². The summed E-state index contributed by atoms with van der Waals surface area (Å²) in [7, 11) is 1.89. The molecule has 0 aliphatic rings. The van der Waals surface area contributed by atoms with Gasteiger partial charge in [0.2, 0.25) is 0 Å². The van der Waals surface area contributed by atoms with Gasteiger partial charge in [-0.25, -0.2) is 9.97 Å². The van der Waals surface area contributed by atoms with Crippen LogP contribution in [0.2, 0.25) is 0 Å². The van der Waals surface area contributed by atoms with E-state index in [1.54, 1.807) is 6.33 Å². The van der Waals surface area contributed by atoms with Gasteiger partial charge in [-0.3, -0.25) is 4.79 Å². The first-order chi connectivity index (χ1) is 7.25. The Labute approximate surface area is 84.4 Å². The second-order valence-electron chi connectivity index (χ2n) is 3.45. The molecule has 2 aromatic heterocycles. The maximum Gasteiger partial charge on any atom is 0.258 e. The maximum atomic E-state index is 11.5. The van der Waals surface area contributed by atoms with E-state index in [4.69, 9.17) is 0 Å². The minimum Gasteiger partial charge on any atom is -0.334 e. The zero-order valence-electron chi connectivity index (χ0n) is 8.06. The number of aromatic nitrogens is 4. The van der Waals surface area contributed by atoms with Gasteiger partial charge in [0.1, 0.15) is 0 Å². The average Bonchev–Trinajstić information content (AvgIpc) is 2.59. The van der Waals surface area contributed by atoms with Crippen LogP contribution in [0.15, 0.2) is 29.6 Å². The molecule has 0 amide bonds. The molecule has 5 heteroatoms. The number of fused-ring (bicyclic) bond motifs is 2. The molecule has 0 radical (unpaired) electrons. The topological polar surface area (TPSA) is 63.6 Å². The maximum absolute atomic E-state index is 11.5. The molecular weight excluding hydrogens is 192 g/mol. The van der Waals surface area contributed by atoms with Gasteiger partial charge in [-0.15, -0.1) is 0 Å². The van der Waals surface area contributed by atoms with E-state index >= 15 is 0 Å². The lowest BCUT2D eigenvalue weighted by atomic mass is 10.2. The molecule has 1 aromatic carbocycles. The van der Waals surface area contributed by atoms with E-state index in [0.717, 1.165) is 11.0 Å². The van der Waals surface area contributed by atoms with Crippen LogP contribution in [0.1, 0.15) is 0 Å². The normalized spacial score (nSPS) is 11.3. The highest BCUT2D eigenvalue weighted by molar-refractivity contribution is 5.92. The van der Waals surface area contributed by atoms with Crippen molar-refractivity contribution in [3.05, 3.63) is 35.1 Å². The van der Waals surface area contributed by atoms with Crippen LogP contribution in [-0.2, 0) is 7.05 Å². The number of aromatic amines is 1. The van der Waals surface area contributed by atoms with Gasteiger partial charge in [0.15, 0.2) is 0 Å². The number of H-pyrrole nitrogens is 1. The van der Waals surface area contributed by atoms with E-state index in [-0.39, 0.29) is 5.56 Å². The van der Waals surface area contributed by atoms with E-state index in [2.05, 4.69) is 15.0 Å². The van der Waals surface area contributed by atoms with E-state index in [1.807, 2.05) is 23.7 Å². The number of nitrogens with zero attached hydrogens (tertiary/aromatic N) is 3. The fraction of sp³-hybridized carbons (Fsp3) is 0.100. The van der Waals surface area contributed by atoms with Crippen molar-refractivity contribution in [3.8, 4) is 0 Å². The van der Waals surface area contributed by atoms with Crippen molar-refractivity contribution in [2.75, 3.05) is 0 Å². The van der Waals surface area contributed by atoms with Gasteiger partial charge < -0.3 is 9.55 Å². The lowest BCUT2D eigenvalue weighted by molar-refractivity contribution is 0.948. The molecule has 15 heavy (non-hydrogen) atoms. The van der Waals surface area contributed by atoms with E-state index in [9.17, 15) is 4.79 Å². The van der Waals surface area contributed by atoms with Crippen LogP contribution in [0.5, 0.6) is 0 Å². The molecular formula is C10H8N4O.